The largest absolute Gasteiger partial charge is 0.444 e. The van der Waals surface area contributed by atoms with Gasteiger partial charge in [-0.2, -0.15) is 0 Å². The summed E-state index contributed by atoms with van der Waals surface area (Å²) in [5.41, 5.74) is -0.372. The lowest BCUT2D eigenvalue weighted by Gasteiger charge is -2.46. The lowest BCUT2D eigenvalue weighted by Crippen LogP contribution is -2.53. The number of piperidine rings is 2. The first kappa shape index (κ1) is 11.7. The highest BCUT2D eigenvalue weighted by molar-refractivity contribution is 5.69. The van der Waals surface area contributed by atoms with E-state index in [9.17, 15) is 4.79 Å². The van der Waals surface area contributed by atoms with Gasteiger partial charge in [0.1, 0.15) is 5.60 Å². The number of fused-ring (bicyclic) bond motifs is 2. The molecule has 0 radical (unpaired) electrons. The third-order valence-electron chi connectivity index (χ3n) is 3.54. The van der Waals surface area contributed by atoms with Gasteiger partial charge in [0.05, 0.1) is 0 Å². The molecule has 0 spiro atoms. The summed E-state index contributed by atoms with van der Waals surface area (Å²) in [6, 6.07) is 0.893. The molecule has 2 bridgehead atoms. The summed E-state index contributed by atoms with van der Waals surface area (Å²) in [6.07, 6.45) is 7.10. The van der Waals surface area contributed by atoms with Gasteiger partial charge in [-0.15, -0.1) is 0 Å². The predicted molar refractivity (Wildman–Crippen MR) is 63.4 cm³/mol. The predicted octanol–water partition coefficient (Wildman–Crippen LogP) is 3.33. The Bertz CT molecular complexity index is 248. The molecule has 0 saturated carbocycles. The highest BCUT2D eigenvalue weighted by atomic mass is 16.6. The molecule has 3 nitrogen and oxygen atoms in total. The Morgan fingerprint density at radius 2 is 1.50 bits per heavy atom. The van der Waals surface area contributed by atoms with Crippen LogP contribution in [0.1, 0.15) is 59.3 Å². The van der Waals surface area contributed by atoms with Crippen molar-refractivity contribution in [3.63, 3.8) is 0 Å². The molecule has 2 fully saturated rings. The molecule has 2 aliphatic heterocycles. The molecule has 1 amide bonds. The summed E-state index contributed by atoms with van der Waals surface area (Å²) in [7, 11) is 0. The lowest BCUT2D eigenvalue weighted by atomic mass is 9.85. The maximum atomic E-state index is 12.1. The van der Waals surface area contributed by atoms with Crippen molar-refractivity contribution < 1.29 is 9.53 Å². The molecule has 3 heteroatoms. The Morgan fingerprint density at radius 1 is 1.06 bits per heavy atom. The molecule has 92 valence electrons. The number of carbonyl (C=O) groups is 1. The molecule has 0 unspecified atom stereocenters. The monoisotopic (exact) mass is 225 g/mol. The van der Waals surface area contributed by atoms with Gasteiger partial charge in [0.2, 0.25) is 0 Å². The van der Waals surface area contributed by atoms with E-state index in [1.54, 1.807) is 0 Å². The fourth-order valence-electron chi connectivity index (χ4n) is 2.93. The third-order valence-corrected chi connectivity index (χ3v) is 3.54. The van der Waals surface area contributed by atoms with Crippen molar-refractivity contribution in [3.8, 4) is 0 Å². The molecule has 2 saturated heterocycles. The fourth-order valence-corrected chi connectivity index (χ4v) is 2.93. The van der Waals surface area contributed by atoms with Crippen molar-refractivity contribution in [2.45, 2.75) is 77.0 Å². The standard InChI is InChI=1S/C13H23NO2/c1-13(2,3)16-12(15)14-10-6-4-7-11(14)9-5-8-10/h10-11H,4-9H2,1-3H3. The fraction of sp³-hybridized carbons (Fsp3) is 0.923. The maximum absolute atomic E-state index is 12.1. The number of ether oxygens (including phenoxy) is 1. The summed E-state index contributed by atoms with van der Waals surface area (Å²) >= 11 is 0. The minimum atomic E-state index is -0.372. The van der Waals surface area contributed by atoms with Crippen LogP contribution in [0.15, 0.2) is 0 Å². The minimum absolute atomic E-state index is 0.0955. The van der Waals surface area contributed by atoms with Gasteiger partial charge in [0.15, 0.2) is 0 Å². The van der Waals surface area contributed by atoms with Crippen molar-refractivity contribution in [3.05, 3.63) is 0 Å². The highest BCUT2D eigenvalue weighted by Gasteiger charge is 2.38. The molecule has 2 aliphatic rings. The van der Waals surface area contributed by atoms with E-state index in [-0.39, 0.29) is 11.7 Å². The molecular weight excluding hydrogens is 202 g/mol. The van der Waals surface area contributed by atoms with Gasteiger partial charge in [0.25, 0.3) is 0 Å². The van der Waals surface area contributed by atoms with Crippen LogP contribution in [0.4, 0.5) is 4.79 Å². The zero-order valence-electron chi connectivity index (χ0n) is 10.7. The van der Waals surface area contributed by atoms with Gasteiger partial charge in [-0.3, -0.25) is 0 Å². The third kappa shape index (κ3) is 2.50. The zero-order valence-corrected chi connectivity index (χ0v) is 10.7. The number of hydrogen-bond acceptors (Lipinski definition) is 2. The Hall–Kier alpha value is -0.730. The van der Waals surface area contributed by atoms with E-state index in [1.807, 2.05) is 25.7 Å². The smallest absolute Gasteiger partial charge is 0.410 e. The second-order valence-corrected chi connectivity index (χ2v) is 6.06. The molecule has 2 rings (SSSR count). The van der Waals surface area contributed by atoms with Crippen LogP contribution in [0, 0.1) is 0 Å². The van der Waals surface area contributed by atoms with Crippen molar-refractivity contribution in [1.82, 2.24) is 4.90 Å². The molecule has 0 aromatic rings. The summed E-state index contributed by atoms with van der Waals surface area (Å²) < 4.78 is 5.50. The molecule has 0 N–H and O–H groups in total. The van der Waals surface area contributed by atoms with Crippen LogP contribution in [-0.2, 0) is 4.74 Å². The molecule has 0 aliphatic carbocycles. The molecule has 2 heterocycles. The number of rotatable bonds is 0. The van der Waals surface area contributed by atoms with Crippen molar-refractivity contribution in [2.75, 3.05) is 0 Å². The summed E-state index contributed by atoms with van der Waals surface area (Å²) in [5.74, 6) is 0. The average molecular weight is 225 g/mol. The lowest BCUT2D eigenvalue weighted by molar-refractivity contribution is -0.0181. The molecule has 0 aromatic heterocycles. The SMILES string of the molecule is CC(C)(C)OC(=O)N1C2CCCC1CCC2. The van der Waals surface area contributed by atoms with Crippen molar-refractivity contribution >= 4 is 6.09 Å². The normalized spacial score (nSPS) is 30.1. The van der Waals surface area contributed by atoms with Crippen molar-refractivity contribution in [2.24, 2.45) is 0 Å². The molecule has 16 heavy (non-hydrogen) atoms. The van der Waals surface area contributed by atoms with E-state index in [0.717, 1.165) is 25.7 Å². The van der Waals surface area contributed by atoms with Gasteiger partial charge >= 0.3 is 6.09 Å². The highest BCUT2D eigenvalue weighted by Crippen LogP contribution is 2.34. The van der Waals surface area contributed by atoms with Crippen LogP contribution in [-0.4, -0.2) is 28.7 Å². The Labute approximate surface area is 98.1 Å². The first-order valence-corrected chi connectivity index (χ1v) is 6.49. The van der Waals surface area contributed by atoms with Crippen LogP contribution in [0.5, 0.6) is 0 Å². The van der Waals surface area contributed by atoms with Crippen LogP contribution in [0.3, 0.4) is 0 Å². The Balaban J connectivity index is 2.04. The van der Waals surface area contributed by atoms with E-state index in [4.69, 9.17) is 4.74 Å². The second kappa shape index (κ2) is 4.27. The minimum Gasteiger partial charge on any atom is -0.444 e. The maximum Gasteiger partial charge on any atom is 0.410 e. The number of hydrogen-bond donors (Lipinski definition) is 0. The van der Waals surface area contributed by atoms with Crippen LogP contribution < -0.4 is 0 Å². The molecular formula is C13H23NO2. The molecule has 0 atom stereocenters. The van der Waals surface area contributed by atoms with Gasteiger partial charge in [0, 0.05) is 12.1 Å². The van der Waals surface area contributed by atoms with Crippen LogP contribution >= 0.6 is 0 Å². The quantitative estimate of drug-likeness (QED) is 0.633. The van der Waals surface area contributed by atoms with Gasteiger partial charge in [-0.1, -0.05) is 0 Å². The van der Waals surface area contributed by atoms with Gasteiger partial charge in [-0.05, 0) is 59.3 Å². The Kier molecular flexibility index (Phi) is 3.13. The second-order valence-electron chi connectivity index (χ2n) is 6.06. The van der Waals surface area contributed by atoms with E-state index >= 15 is 0 Å². The summed E-state index contributed by atoms with van der Waals surface area (Å²) in [4.78, 5) is 14.2. The van der Waals surface area contributed by atoms with Crippen molar-refractivity contribution in [1.29, 1.82) is 0 Å². The number of carbonyl (C=O) groups excluding carboxylic acids is 1. The number of nitrogens with zero attached hydrogens (tertiary/aromatic N) is 1. The van der Waals surface area contributed by atoms with E-state index < -0.39 is 0 Å². The van der Waals surface area contributed by atoms with Gasteiger partial charge < -0.3 is 9.64 Å². The first-order chi connectivity index (χ1) is 7.47. The van der Waals surface area contributed by atoms with Gasteiger partial charge in [-0.25, -0.2) is 4.79 Å². The topological polar surface area (TPSA) is 29.5 Å². The summed E-state index contributed by atoms with van der Waals surface area (Å²) in [6.45, 7) is 5.81. The molecule has 0 aromatic carbocycles. The average Bonchev–Trinajstić information content (AvgIpc) is 2.13. The van der Waals surface area contributed by atoms with Crippen LogP contribution in [0.2, 0.25) is 0 Å². The number of amides is 1. The Morgan fingerprint density at radius 3 is 1.88 bits per heavy atom. The van der Waals surface area contributed by atoms with Crippen LogP contribution in [0.25, 0.3) is 0 Å². The zero-order chi connectivity index (χ0) is 11.8. The summed E-state index contributed by atoms with van der Waals surface area (Å²) in [5, 5.41) is 0. The first-order valence-electron chi connectivity index (χ1n) is 6.49. The van der Waals surface area contributed by atoms with E-state index in [0.29, 0.717) is 12.1 Å². The van der Waals surface area contributed by atoms with E-state index in [1.165, 1.54) is 12.8 Å². The van der Waals surface area contributed by atoms with E-state index in [2.05, 4.69) is 0 Å².